The van der Waals surface area contributed by atoms with Crippen molar-refractivity contribution in [3.63, 3.8) is 0 Å². The summed E-state index contributed by atoms with van der Waals surface area (Å²) in [6.45, 7) is 1.61. The summed E-state index contributed by atoms with van der Waals surface area (Å²) in [5, 5.41) is 8.68. The second-order valence-electron chi connectivity index (χ2n) is 2.76. The van der Waals surface area contributed by atoms with Crippen molar-refractivity contribution in [1.29, 1.82) is 5.26 Å². The molecule has 0 heterocycles. The third kappa shape index (κ3) is 3.24. The normalized spacial score (nSPS) is 9.31. The molecule has 0 bridgehead atoms. The lowest BCUT2D eigenvalue weighted by Gasteiger charge is -2.06. The summed E-state index contributed by atoms with van der Waals surface area (Å²) in [7, 11) is 0. The SMILES string of the molecule is CCOC(=O)COc1c[c]c(F)cc1C#N. The van der Waals surface area contributed by atoms with Gasteiger partial charge in [-0.2, -0.15) is 5.26 Å². The van der Waals surface area contributed by atoms with Gasteiger partial charge in [0.25, 0.3) is 0 Å². The van der Waals surface area contributed by atoms with Gasteiger partial charge in [-0.15, -0.1) is 0 Å². The molecule has 1 aromatic rings. The fourth-order valence-corrected chi connectivity index (χ4v) is 0.998. The van der Waals surface area contributed by atoms with Crippen molar-refractivity contribution in [3.8, 4) is 11.8 Å². The summed E-state index contributed by atoms with van der Waals surface area (Å²) in [5.74, 6) is -1.09. The lowest BCUT2D eigenvalue weighted by atomic mass is 10.2. The molecule has 1 aromatic carbocycles. The van der Waals surface area contributed by atoms with Gasteiger partial charge in [0.05, 0.1) is 12.2 Å². The summed E-state index contributed by atoms with van der Waals surface area (Å²) >= 11 is 0. The standard InChI is InChI=1S/C11H9FNO3/c1-2-15-11(14)7-16-10-4-3-9(12)5-8(10)6-13/h4-5H,2,7H2,1H3. The van der Waals surface area contributed by atoms with Gasteiger partial charge in [-0.05, 0) is 19.1 Å². The molecule has 1 radical (unpaired) electrons. The molecule has 4 nitrogen and oxygen atoms in total. The van der Waals surface area contributed by atoms with Crippen molar-refractivity contribution in [2.24, 2.45) is 0 Å². The molecule has 5 heteroatoms. The molecule has 0 aliphatic rings. The van der Waals surface area contributed by atoms with E-state index in [9.17, 15) is 9.18 Å². The van der Waals surface area contributed by atoms with E-state index in [0.29, 0.717) is 0 Å². The fraction of sp³-hybridized carbons (Fsp3) is 0.273. The Morgan fingerprint density at radius 3 is 3.06 bits per heavy atom. The maximum absolute atomic E-state index is 12.7. The Hall–Kier alpha value is -2.09. The van der Waals surface area contributed by atoms with Crippen LogP contribution in [0.1, 0.15) is 12.5 Å². The molecule has 0 saturated heterocycles. The van der Waals surface area contributed by atoms with Crippen LogP contribution < -0.4 is 4.74 Å². The van der Waals surface area contributed by atoms with E-state index in [1.165, 1.54) is 6.07 Å². The topological polar surface area (TPSA) is 59.3 Å². The molecule has 0 amide bonds. The van der Waals surface area contributed by atoms with E-state index in [0.717, 1.165) is 6.07 Å². The summed E-state index contributed by atoms with van der Waals surface area (Å²) in [6.07, 6.45) is 0. The molecular formula is C11H9FNO3. The highest BCUT2D eigenvalue weighted by molar-refractivity contribution is 5.71. The van der Waals surface area contributed by atoms with Crippen LogP contribution in [0.25, 0.3) is 0 Å². The van der Waals surface area contributed by atoms with Crippen molar-refractivity contribution >= 4 is 5.97 Å². The van der Waals surface area contributed by atoms with Crippen LogP contribution in [-0.4, -0.2) is 19.2 Å². The third-order valence-corrected chi connectivity index (χ3v) is 1.65. The van der Waals surface area contributed by atoms with Crippen molar-refractivity contribution in [1.82, 2.24) is 0 Å². The molecule has 0 fully saturated rings. The molecule has 0 aromatic heterocycles. The molecule has 83 valence electrons. The minimum absolute atomic E-state index is 0.0144. The fourth-order valence-electron chi connectivity index (χ4n) is 0.998. The molecule has 0 N–H and O–H groups in total. The molecular weight excluding hydrogens is 213 g/mol. The van der Waals surface area contributed by atoms with Gasteiger partial charge in [0.15, 0.2) is 6.61 Å². The maximum atomic E-state index is 12.7. The monoisotopic (exact) mass is 222 g/mol. The van der Waals surface area contributed by atoms with Crippen molar-refractivity contribution in [2.45, 2.75) is 6.92 Å². The second kappa shape index (κ2) is 5.71. The second-order valence-corrected chi connectivity index (χ2v) is 2.76. The number of hydrogen-bond acceptors (Lipinski definition) is 4. The lowest BCUT2D eigenvalue weighted by Crippen LogP contribution is -2.15. The quantitative estimate of drug-likeness (QED) is 0.723. The Balaban J connectivity index is 2.67. The van der Waals surface area contributed by atoms with Crippen LogP contribution >= 0.6 is 0 Å². The van der Waals surface area contributed by atoms with Gasteiger partial charge in [-0.25, -0.2) is 9.18 Å². The number of carbonyl (C=O) groups is 1. The van der Waals surface area contributed by atoms with E-state index in [2.05, 4.69) is 10.8 Å². The zero-order valence-electron chi connectivity index (χ0n) is 8.62. The molecule has 0 unspecified atom stereocenters. The Morgan fingerprint density at radius 1 is 1.69 bits per heavy atom. The first-order valence-electron chi connectivity index (χ1n) is 4.57. The van der Waals surface area contributed by atoms with Crippen LogP contribution in [-0.2, 0) is 9.53 Å². The number of rotatable bonds is 4. The maximum Gasteiger partial charge on any atom is 0.344 e. The number of nitrogens with zero attached hydrogens (tertiary/aromatic N) is 1. The Kier molecular flexibility index (Phi) is 4.28. The van der Waals surface area contributed by atoms with E-state index in [1.54, 1.807) is 13.0 Å². The molecule has 0 saturated carbocycles. The summed E-state index contributed by atoms with van der Waals surface area (Å²) in [6, 6.07) is 6.15. The van der Waals surface area contributed by atoms with Crippen molar-refractivity contribution in [2.75, 3.05) is 13.2 Å². The predicted octanol–water partition coefficient (Wildman–Crippen LogP) is 1.44. The predicted molar refractivity (Wildman–Crippen MR) is 52.1 cm³/mol. The number of nitriles is 1. The van der Waals surface area contributed by atoms with Crippen LogP contribution in [0.2, 0.25) is 0 Å². The summed E-state index contributed by atoms with van der Waals surface area (Å²) < 4.78 is 22.3. The highest BCUT2D eigenvalue weighted by Gasteiger charge is 2.08. The van der Waals surface area contributed by atoms with Gasteiger partial charge in [-0.3, -0.25) is 0 Å². The summed E-state index contributed by atoms with van der Waals surface area (Å²) in [4.78, 5) is 11.0. The van der Waals surface area contributed by atoms with Crippen molar-refractivity contribution < 1.29 is 18.7 Å². The molecule has 0 atom stereocenters. The molecule has 0 aliphatic heterocycles. The highest BCUT2D eigenvalue weighted by Crippen LogP contribution is 2.18. The Labute approximate surface area is 92.2 Å². The number of benzene rings is 1. The van der Waals surface area contributed by atoms with Gasteiger partial charge >= 0.3 is 5.97 Å². The smallest absolute Gasteiger partial charge is 0.344 e. The number of hydrogen-bond donors (Lipinski definition) is 0. The molecule has 16 heavy (non-hydrogen) atoms. The molecule has 0 aliphatic carbocycles. The lowest BCUT2D eigenvalue weighted by molar-refractivity contribution is -0.145. The first-order chi connectivity index (χ1) is 7.67. The first kappa shape index (κ1) is 12.0. The van der Waals surface area contributed by atoms with E-state index in [1.807, 2.05) is 0 Å². The van der Waals surface area contributed by atoms with Gasteiger partial charge in [0.1, 0.15) is 17.6 Å². The van der Waals surface area contributed by atoms with Gasteiger partial charge < -0.3 is 9.47 Å². The van der Waals surface area contributed by atoms with Gasteiger partial charge in [0, 0.05) is 6.07 Å². The molecule has 0 spiro atoms. The highest BCUT2D eigenvalue weighted by atomic mass is 19.1. The largest absolute Gasteiger partial charge is 0.480 e. The van der Waals surface area contributed by atoms with Crippen LogP contribution in [0.3, 0.4) is 0 Å². The minimum Gasteiger partial charge on any atom is -0.480 e. The van der Waals surface area contributed by atoms with Crippen LogP contribution in [0.5, 0.6) is 5.75 Å². The number of carbonyl (C=O) groups excluding carboxylic acids is 1. The van der Waals surface area contributed by atoms with Gasteiger partial charge in [-0.1, -0.05) is 0 Å². The average molecular weight is 222 g/mol. The number of esters is 1. The van der Waals surface area contributed by atoms with Crippen molar-refractivity contribution in [3.05, 3.63) is 29.6 Å². The minimum atomic E-state index is -0.653. The molecule has 1 rings (SSSR count). The first-order valence-corrected chi connectivity index (χ1v) is 4.57. The van der Waals surface area contributed by atoms with E-state index < -0.39 is 11.8 Å². The van der Waals surface area contributed by atoms with Gasteiger partial charge in [0.2, 0.25) is 0 Å². The van der Waals surface area contributed by atoms with Crippen LogP contribution in [0.4, 0.5) is 4.39 Å². The summed E-state index contributed by atoms with van der Waals surface area (Å²) in [5.41, 5.74) is 0.0144. The number of halogens is 1. The van der Waals surface area contributed by atoms with E-state index in [4.69, 9.17) is 10.00 Å². The van der Waals surface area contributed by atoms with Crippen LogP contribution in [0, 0.1) is 23.2 Å². The third-order valence-electron chi connectivity index (χ3n) is 1.65. The van der Waals surface area contributed by atoms with E-state index >= 15 is 0 Å². The number of ether oxygens (including phenoxy) is 2. The van der Waals surface area contributed by atoms with Crippen LogP contribution in [0.15, 0.2) is 12.1 Å². The average Bonchev–Trinajstić information content (AvgIpc) is 2.27. The Bertz CT molecular complexity index is 426. The Morgan fingerprint density at radius 2 is 2.44 bits per heavy atom. The zero-order valence-corrected chi connectivity index (χ0v) is 8.62. The zero-order chi connectivity index (χ0) is 12.0. The van der Waals surface area contributed by atoms with E-state index in [-0.39, 0.29) is 24.5 Å².